The zero-order valence-corrected chi connectivity index (χ0v) is 15.8. The summed E-state index contributed by atoms with van der Waals surface area (Å²) in [7, 11) is 4.44. The summed E-state index contributed by atoms with van der Waals surface area (Å²) in [6, 6.07) is 8.95. The molecule has 0 saturated carbocycles. The predicted molar refractivity (Wildman–Crippen MR) is 98.4 cm³/mol. The van der Waals surface area contributed by atoms with Gasteiger partial charge in [-0.3, -0.25) is 9.59 Å². The first-order valence-electron chi connectivity index (χ1n) is 8.83. The Bertz CT molecular complexity index is 950. The van der Waals surface area contributed by atoms with Crippen LogP contribution in [-0.2, 0) is 9.53 Å². The summed E-state index contributed by atoms with van der Waals surface area (Å²) >= 11 is 0. The van der Waals surface area contributed by atoms with Crippen molar-refractivity contribution in [2.75, 3.05) is 28.1 Å². The SMILES string of the molecule is COC(=O)[C@@H]1CC(=O)c2cc3c(cc2[C@H]1c1ccc(OC)c(OC)c1)OCO3. The Kier molecular flexibility index (Phi) is 4.58. The van der Waals surface area contributed by atoms with Crippen LogP contribution in [0, 0.1) is 5.92 Å². The van der Waals surface area contributed by atoms with Gasteiger partial charge in [-0.2, -0.15) is 0 Å². The molecule has 2 aliphatic rings. The number of fused-ring (bicyclic) bond motifs is 2. The van der Waals surface area contributed by atoms with Crippen LogP contribution in [0.25, 0.3) is 0 Å². The lowest BCUT2D eigenvalue weighted by atomic mass is 9.71. The smallest absolute Gasteiger partial charge is 0.310 e. The average Bonchev–Trinajstić information content (AvgIpc) is 3.18. The first-order chi connectivity index (χ1) is 13.6. The molecule has 2 aromatic rings. The lowest BCUT2D eigenvalue weighted by Crippen LogP contribution is -2.32. The number of hydrogen-bond donors (Lipinski definition) is 0. The number of methoxy groups -OCH3 is 3. The highest BCUT2D eigenvalue weighted by Gasteiger charge is 2.41. The number of Topliss-reactive ketones (excluding diaryl/α,β-unsaturated/α-hetero) is 1. The van der Waals surface area contributed by atoms with Gasteiger partial charge in [-0.15, -0.1) is 0 Å². The number of ketones is 1. The van der Waals surface area contributed by atoms with Gasteiger partial charge in [-0.25, -0.2) is 0 Å². The molecule has 0 spiro atoms. The Balaban J connectivity index is 1.90. The molecule has 2 aromatic carbocycles. The van der Waals surface area contributed by atoms with Gasteiger partial charge in [-0.05, 0) is 35.4 Å². The minimum atomic E-state index is -0.650. The lowest BCUT2D eigenvalue weighted by molar-refractivity contribution is -0.146. The van der Waals surface area contributed by atoms with Gasteiger partial charge in [0.15, 0.2) is 28.8 Å². The lowest BCUT2D eigenvalue weighted by Gasteiger charge is -2.32. The van der Waals surface area contributed by atoms with E-state index < -0.39 is 17.8 Å². The molecule has 28 heavy (non-hydrogen) atoms. The van der Waals surface area contributed by atoms with E-state index in [1.807, 2.05) is 12.1 Å². The Morgan fingerprint density at radius 2 is 1.71 bits per heavy atom. The van der Waals surface area contributed by atoms with E-state index in [2.05, 4.69) is 0 Å². The number of carbonyl (C=O) groups is 2. The molecular weight excluding hydrogens is 364 g/mol. The fraction of sp³-hybridized carbons (Fsp3) is 0.333. The molecule has 0 unspecified atom stereocenters. The molecule has 7 heteroatoms. The number of carbonyl (C=O) groups excluding carboxylic acids is 2. The van der Waals surface area contributed by atoms with E-state index in [4.69, 9.17) is 23.7 Å². The summed E-state index contributed by atoms with van der Waals surface area (Å²) in [4.78, 5) is 25.3. The summed E-state index contributed by atoms with van der Waals surface area (Å²) in [6.07, 6.45) is 0.0539. The Hall–Kier alpha value is -3.22. The summed E-state index contributed by atoms with van der Waals surface area (Å²) in [6.45, 7) is 0.105. The highest BCUT2D eigenvalue weighted by Crippen LogP contribution is 2.47. The van der Waals surface area contributed by atoms with Crippen molar-refractivity contribution in [1.82, 2.24) is 0 Å². The second-order valence-electron chi connectivity index (χ2n) is 6.64. The summed E-state index contributed by atoms with van der Waals surface area (Å²) < 4.78 is 26.6. The molecule has 0 bridgehead atoms. The van der Waals surface area contributed by atoms with Crippen LogP contribution < -0.4 is 18.9 Å². The minimum Gasteiger partial charge on any atom is -0.493 e. The van der Waals surface area contributed by atoms with Crippen LogP contribution >= 0.6 is 0 Å². The van der Waals surface area contributed by atoms with Crippen LogP contribution in [-0.4, -0.2) is 39.9 Å². The van der Waals surface area contributed by atoms with Crippen molar-refractivity contribution >= 4 is 11.8 Å². The van der Waals surface area contributed by atoms with Crippen molar-refractivity contribution in [3.8, 4) is 23.0 Å². The largest absolute Gasteiger partial charge is 0.493 e. The van der Waals surface area contributed by atoms with Crippen LogP contribution in [0.2, 0.25) is 0 Å². The normalized spacial score (nSPS) is 19.8. The van der Waals surface area contributed by atoms with Gasteiger partial charge >= 0.3 is 5.97 Å². The molecular formula is C21H20O7. The van der Waals surface area contributed by atoms with E-state index in [9.17, 15) is 9.59 Å². The number of esters is 1. The van der Waals surface area contributed by atoms with Gasteiger partial charge in [0.2, 0.25) is 6.79 Å². The Morgan fingerprint density at radius 1 is 1.00 bits per heavy atom. The third-order valence-electron chi connectivity index (χ3n) is 5.26. The van der Waals surface area contributed by atoms with E-state index in [-0.39, 0.29) is 19.0 Å². The molecule has 0 aromatic heterocycles. The second-order valence-corrected chi connectivity index (χ2v) is 6.64. The molecule has 0 fully saturated rings. The number of hydrogen-bond acceptors (Lipinski definition) is 7. The molecule has 4 rings (SSSR count). The van der Waals surface area contributed by atoms with Crippen LogP contribution in [0.4, 0.5) is 0 Å². The van der Waals surface area contributed by atoms with Crippen LogP contribution in [0.5, 0.6) is 23.0 Å². The molecule has 7 nitrogen and oxygen atoms in total. The van der Waals surface area contributed by atoms with Gasteiger partial charge in [0.1, 0.15) is 0 Å². The monoisotopic (exact) mass is 384 g/mol. The highest BCUT2D eigenvalue weighted by atomic mass is 16.7. The first kappa shape index (κ1) is 18.2. The van der Waals surface area contributed by atoms with Crippen LogP contribution in [0.1, 0.15) is 33.8 Å². The van der Waals surface area contributed by atoms with E-state index in [1.54, 1.807) is 32.4 Å². The molecule has 0 saturated heterocycles. The maximum absolute atomic E-state index is 12.8. The van der Waals surface area contributed by atoms with Crippen molar-refractivity contribution in [1.29, 1.82) is 0 Å². The fourth-order valence-corrected chi connectivity index (χ4v) is 3.93. The van der Waals surface area contributed by atoms with Crippen molar-refractivity contribution in [3.05, 3.63) is 47.0 Å². The molecule has 0 amide bonds. The van der Waals surface area contributed by atoms with Gasteiger partial charge in [-0.1, -0.05) is 6.07 Å². The summed E-state index contributed by atoms with van der Waals surface area (Å²) in [5.74, 6) is 0.619. The predicted octanol–water partition coefficient (Wildman–Crippen LogP) is 2.94. The molecule has 2 atom stereocenters. The van der Waals surface area contributed by atoms with E-state index in [0.29, 0.717) is 34.1 Å². The highest BCUT2D eigenvalue weighted by molar-refractivity contribution is 6.02. The molecule has 0 N–H and O–H groups in total. The number of rotatable bonds is 4. The Morgan fingerprint density at radius 3 is 2.39 bits per heavy atom. The van der Waals surface area contributed by atoms with E-state index in [1.165, 1.54) is 7.11 Å². The zero-order chi connectivity index (χ0) is 19.8. The maximum Gasteiger partial charge on any atom is 0.310 e. The zero-order valence-electron chi connectivity index (χ0n) is 15.8. The standard InChI is InChI=1S/C21H20O7/c1-24-16-5-4-11(6-17(16)25-2)20-13-9-19-18(27-10-28-19)8-12(13)15(22)7-14(20)21(23)26-3/h4-6,8-9,14,20H,7,10H2,1-3H3/t14-,20-/m1/s1. The summed E-state index contributed by atoms with van der Waals surface area (Å²) in [5, 5.41) is 0. The number of ether oxygens (including phenoxy) is 5. The van der Waals surface area contributed by atoms with E-state index in [0.717, 1.165) is 5.56 Å². The molecule has 1 aliphatic heterocycles. The van der Waals surface area contributed by atoms with Crippen LogP contribution in [0.3, 0.4) is 0 Å². The van der Waals surface area contributed by atoms with Gasteiger partial charge in [0.05, 0.1) is 27.2 Å². The quantitative estimate of drug-likeness (QED) is 0.750. The molecule has 1 aliphatic carbocycles. The topological polar surface area (TPSA) is 80.3 Å². The maximum atomic E-state index is 12.8. The van der Waals surface area contributed by atoms with Gasteiger partial charge < -0.3 is 23.7 Å². The second kappa shape index (κ2) is 7.07. The van der Waals surface area contributed by atoms with Gasteiger partial charge in [0, 0.05) is 17.9 Å². The van der Waals surface area contributed by atoms with Crippen molar-refractivity contribution in [3.63, 3.8) is 0 Å². The first-order valence-corrected chi connectivity index (χ1v) is 8.83. The van der Waals surface area contributed by atoms with Crippen molar-refractivity contribution < 1.29 is 33.3 Å². The average molecular weight is 384 g/mol. The molecule has 1 heterocycles. The van der Waals surface area contributed by atoms with Crippen molar-refractivity contribution in [2.45, 2.75) is 12.3 Å². The Labute approximate surface area is 162 Å². The van der Waals surface area contributed by atoms with Crippen LogP contribution in [0.15, 0.2) is 30.3 Å². The molecule has 146 valence electrons. The minimum absolute atomic E-state index is 0.0539. The number of benzene rings is 2. The third-order valence-corrected chi connectivity index (χ3v) is 5.26. The molecule has 0 radical (unpaired) electrons. The van der Waals surface area contributed by atoms with Crippen molar-refractivity contribution in [2.24, 2.45) is 5.92 Å². The van der Waals surface area contributed by atoms with E-state index >= 15 is 0 Å². The van der Waals surface area contributed by atoms with Gasteiger partial charge in [0.25, 0.3) is 0 Å². The summed E-state index contributed by atoms with van der Waals surface area (Å²) in [5.41, 5.74) is 2.06. The third kappa shape index (κ3) is 2.83. The fourth-order valence-electron chi connectivity index (χ4n) is 3.93.